The molecule has 1 amide bonds. The molecule has 0 radical (unpaired) electrons. The zero-order valence-electron chi connectivity index (χ0n) is 9.90. The van der Waals surface area contributed by atoms with E-state index in [1.807, 2.05) is 11.4 Å². The Morgan fingerprint density at radius 2 is 2.31 bits per heavy atom. The van der Waals surface area contributed by atoms with Gasteiger partial charge >= 0.3 is 0 Å². The Morgan fingerprint density at radius 3 is 2.88 bits per heavy atom. The molecule has 4 heteroatoms. The molecule has 0 saturated carbocycles. The number of carbonyl (C=O) groups excluding carboxylic acids is 1. The van der Waals surface area contributed by atoms with Gasteiger partial charge in [0.2, 0.25) is 5.91 Å². The minimum absolute atomic E-state index is 0.0368. The van der Waals surface area contributed by atoms with Crippen LogP contribution in [-0.2, 0) is 11.2 Å². The van der Waals surface area contributed by atoms with E-state index in [-0.39, 0.29) is 11.9 Å². The van der Waals surface area contributed by atoms with E-state index in [1.54, 1.807) is 11.3 Å². The molecule has 0 aromatic carbocycles. The number of nitrogens with two attached hydrogens (primary N) is 1. The molecule has 1 aromatic rings. The lowest BCUT2D eigenvalue weighted by molar-refractivity contribution is -0.122. The van der Waals surface area contributed by atoms with Crippen molar-refractivity contribution >= 4 is 17.2 Å². The van der Waals surface area contributed by atoms with Crippen molar-refractivity contribution in [3.8, 4) is 0 Å². The van der Waals surface area contributed by atoms with Gasteiger partial charge in [-0.25, -0.2) is 0 Å². The summed E-state index contributed by atoms with van der Waals surface area (Å²) >= 11 is 1.71. The third-order valence-corrected chi connectivity index (χ3v) is 3.25. The molecule has 0 saturated heterocycles. The van der Waals surface area contributed by atoms with E-state index in [4.69, 9.17) is 5.73 Å². The third kappa shape index (κ3) is 4.77. The largest absolute Gasteiger partial charge is 0.354 e. The van der Waals surface area contributed by atoms with Gasteiger partial charge in [-0.2, -0.15) is 0 Å². The van der Waals surface area contributed by atoms with E-state index in [9.17, 15) is 4.79 Å². The zero-order chi connectivity index (χ0) is 12.0. The molecule has 1 aromatic heterocycles. The molecule has 0 aliphatic heterocycles. The Bertz CT molecular complexity index is 309. The number of hydrogen-bond acceptors (Lipinski definition) is 3. The van der Waals surface area contributed by atoms with Crippen LogP contribution in [0.4, 0.5) is 0 Å². The smallest absolute Gasteiger partial charge is 0.236 e. The van der Waals surface area contributed by atoms with Crippen LogP contribution in [0, 0.1) is 5.92 Å². The molecule has 1 heterocycles. The normalized spacial score (nSPS) is 12.8. The molecule has 0 aliphatic carbocycles. The molecule has 1 atom stereocenters. The predicted molar refractivity (Wildman–Crippen MR) is 68.5 cm³/mol. The highest BCUT2D eigenvalue weighted by atomic mass is 32.1. The summed E-state index contributed by atoms with van der Waals surface area (Å²) in [6.07, 6.45) is 1.63. The first kappa shape index (κ1) is 13.2. The molecule has 16 heavy (non-hydrogen) atoms. The maximum atomic E-state index is 11.6. The van der Waals surface area contributed by atoms with Crippen molar-refractivity contribution in [2.45, 2.75) is 32.7 Å². The van der Waals surface area contributed by atoms with Crippen LogP contribution in [0.2, 0.25) is 0 Å². The van der Waals surface area contributed by atoms with E-state index < -0.39 is 0 Å². The average molecular weight is 240 g/mol. The van der Waals surface area contributed by atoms with Crippen LogP contribution in [0.25, 0.3) is 0 Å². The summed E-state index contributed by atoms with van der Waals surface area (Å²) in [4.78, 5) is 12.9. The second kappa shape index (κ2) is 6.66. The molecular weight excluding hydrogens is 220 g/mol. The average Bonchev–Trinajstić information content (AvgIpc) is 2.69. The van der Waals surface area contributed by atoms with Crippen molar-refractivity contribution in [2.75, 3.05) is 6.54 Å². The van der Waals surface area contributed by atoms with Crippen LogP contribution in [-0.4, -0.2) is 18.5 Å². The van der Waals surface area contributed by atoms with Gasteiger partial charge in [-0.3, -0.25) is 4.79 Å². The zero-order valence-corrected chi connectivity index (χ0v) is 10.7. The number of hydrogen-bond donors (Lipinski definition) is 2. The molecular formula is C12H20N2OS. The minimum Gasteiger partial charge on any atom is -0.354 e. The van der Waals surface area contributed by atoms with Crippen LogP contribution >= 0.6 is 11.3 Å². The van der Waals surface area contributed by atoms with Crippen LogP contribution in [0.1, 0.15) is 25.1 Å². The number of thiophene rings is 1. The van der Waals surface area contributed by atoms with Crippen molar-refractivity contribution in [3.63, 3.8) is 0 Å². The fourth-order valence-corrected chi connectivity index (χ4v) is 2.22. The SMILES string of the molecule is CC(C)C[C@H](N)C(=O)NCCc1cccs1. The Kier molecular flexibility index (Phi) is 5.49. The molecule has 0 aliphatic rings. The molecule has 3 N–H and O–H groups in total. The Balaban J connectivity index is 2.19. The number of rotatable bonds is 6. The van der Waals surface area contributed by atoms with Crippen molar-refractivity contribution in [1.82, 2.24) is 5.32 Å². The number of amides is 1. The van der Waals surface area contributed by atoms with Crippen molar-refractivity contribution in [1.29, 1.82) is 0 Å². The monoisotopic (exact) mass is 240 g/mol. The molecule has 0 spiro atoms. The summed E-state index contributed by atoms with van der Waals surface area (Å²) in [6.45, 7) is 4.81. The highest BCUT2D eigenvalue weighted by Crippen LogP contribution is 2.08. The van der Waals surface area contributed by atoms with Gasteiger partial charge in [0.25, 0.3) is 0 Å². The molecule has 90 valence electrons. The standard InChI is InChI=1S/C12H20N2OS/c1-9(2)8-11(13)12(15)14-6-5-10-4-3-7-16-10/h3-4,7,9,11H,5-6,8,13H2,1-2H3,(H,14,15)/t11-/m0/s1. The molecule has 0 bridgehead atoms. The molecule has 0 unspecified atom stereocenters. The van der Waals surface area contributed by atoms with E-state index in [2.05, 4.69) is 25.2 Å². The number of nitrogens with one attached hydrogen (secondary N) is 1. The maximum absolute atomic E-state index is 11.6. The summed E-state index contributed by atoms with van der Waals surface area (Å²) < 4.78 is 0. The topological polar surface area (TPSA) is 55.1 Å². The first-order valence-corrected chi connectivity index (χ1v) is 6.53. The Hall–Kier alpha value is -0.870. The fourth-order valence-electron chi connectivity index (χ4n) is 1.51. The minimum atomic E-state index is -0.372. The van der Waals surface area contributed by atoms with E-state index in [1.165, 1.54) is 4.88 Å². The third-order valence-electron chi connectivity index (χ3n) is 2.31. The van der Waals surface area contributed by atoms with Crippen LogP contribution in [0.15, 0.2) is 17.5 Å². The lowest BCUT2D eigenvalue weighted by Gasteiger charge is -2.13. The highest BCUT2D eigenvalue weighted by molar-refractivity contribution is 7.09. The summed E-state index contributed by atoms with van der Waals surface area (Å²) in [5.41, 5.74) is 5.77. The molecule has 3 nitrogen and oxygen atoms in total. The fraction of sp³-hybridized carbons (Fsp3) is 0.583. The van der Waals surface area contributed by atoms with Gasteiger partial charge in [0.05, 0.1) is 6.04 Å². The second-order valence-electron chi connectivity index (χ2n) is 4.36. The van der Waals surface area contributed by atoms with Gasteiger partial charge in [-0.1, -0.05) is 19.9 Å². The Morgan fingerprint density at radius 1 is 1.56 bits per heavy atom. The summed E-state index contributed by atoms with van der Waals surface area (Å²) in [6, 6.07) is 3.72. The first-order chi connectivity index (χ1) is 7.59. The van der Waals surface area contributed by atoms with E-state index in [0.29, 0.717) is 12.5 Å². The van der Waals surface area contributed by atoms with Gasteiger partial charge in [-0.05, 0) is 30.2 Å². The second-order valence-corrected chi connectivity index (χ2v) is 5.39. The Labute approximate surface area is 101 Å². The predicted octanol–water partition coefficient (Wildman–Crippen LogP) is 1.78. The van der Waals surface area contributed by atoms with E-state index in [0.717, 1.165) is 12.8 Å². The van der Waals surface area contributed by atoms with E-state index >= 15 is 0 Å². The molecule has 1 rings (SSSR count). The van der Waals surface area contributed by atoms with Gasteiger partial charge in [0.15, 0.2) is 0 Å². The van der Waals surface area contributed by atoms with Gasteiger partial charge in [0.1, 0.15) is 0 Å². The van der Waals surface area contributed by atoms with Crippen LogP contribution < -0.4 is 11.1 Å². The van der Waals surface area contributed by atoms with Gasteiger partial charge in [0, 0.05) is 11.4 Å². The molecule has 0 fully saturated rings. The van der Waals surface area contributed by atoms with Gasteiger partial charge in [-0.15, -0.1) is 11.3 Å². The maximum Gasteiger partial charge on any atom is 0.236 e. The van der Waals surface area contributed by atoms with Crippen LogP contribution in [0.5, 0.6) is 0 Å². The summed E-state index contributed by atoms with van der Waals surface area (Å²) in [5.74, 6) is 0.420. The van der Waals surface area contributed by atoms with Crippen LogP contribution in [0.3, 0.4) is 0 Å². The number of carbonyl (C=O) groups is 1. The summed E-state index contributed by atoms with van der Waals surface area (Å²) in [7, 11) is 0. The van der Waals surface area contributed by atoms with Crippen molar-refractivity contribution < 1.29 is 4.79 Å². The highest BCUT2D eigenvalue weighted by Gasteiger charge is 2.13. The first-order valence-electron chi connectivity index (χ1n) is 5.65. The lowest BCUT2D eigenvalue weighted by Crippen LogP contribution is -2.42. The van der Waals surface area contributed by atoms with Crippen molar-refractivity contribution in [3.05, 3.63) is 22.4 Å². The van der Waals surface area contributed by atoms with Crippen molar-refractivity contribution in [2.24, 2.45) is 11.7 Å². The summed E-state index contributed by atoms with van der Waals surface area (Å²) in [5, 5.41) is 4.91. The quantitative estimate of drug-likeness (QED) is 0.796. The van der Waals surface area contributed by atoms with Gasteiger partial charge < -0.3 is 11.1 Å². The lowest BCUT2D eigenvalue weighted by atomic mass is 10.0.